The largest absolute Gasteiger partial charge is 0.495 e. The Balaban J connectivity index is 2.15. The zero-order valence-corrected chi connectivity index (χ0v) is 21.8. The number of rotatable bonds is 12. The molecule has 0 spiro atoms. The second-order valence-corrected chi connectivity index (χ2v) is 9.80. The van der Waals surface area contributed by atoms with Gasteiger partial charge in [-0.1, -0.05) is 29.8 Å². The van der Waals surface area contributed by atoms with Gasteiger partial charge in [0, 0.05) is 11.4 Å². The van der Waals surface area contributed by atoms with Crippen molar-refractivity contribution in [3.05, 3.63) is 58.6 Å². The number of nitrogens with one attached hydrogen (secondary N) is 1. The number of hydrogen-bond acceptors (Lipinski definition) is 9. The number of guanidine groups is 1. The van der Waals surface area contributed by atoms with E-state index in [1.165, 1.54) is 49.4 Å². The SMILES string of the molecule is Cc1c(Cl)cccc1S(=O)(=O)N[C@@H](Cc1ccc(OCCCON=C(N)N)cc1)C(=O)OOC(=O)C(F)(F)F. The predicted octanol–water partition coefficient (Wildman–Crippen LogP) is 2.08. The Hall–Kier alpha value is -3.76. The van der Waals surface area contributed by atoms with Crippen LogP contribution >= 0.6 is 11.6 Å². The number of alkyl halides is 3. The Bertz CT molecular complexity index is 1290. The summed E-state index contributed by atoms with van der Waals surface area (Å²) in [6.45, 7) is 1.84. The number of benzene rings is 2. The fraction of sp³-hybridized carbons (Fsp3) is 0.318. The molecular weight excluding hydrogens is 573 g/mol. The van der Waals surface area contributed by atoms with Crippen molar-refractivity contribution in [1.29, 1.82) is 0 Å². The number of nitrogens with two attached hydrogens (primary N) is 2. The Morgan fingerprint density at radius 2 is 1.74 bits per heavy atom. The van der Waals surface area contributed by atoms with Crippen molar-refractivity contribution in [1.82, 2.24) is 4.72 Å². The molecule has 0 aliphatic heterocycles. The molecule has 214 valence electrons. The third-order valence-corrected chi connectivity index (χ3v) is 6.73. The Kier molecular flexibility index (Phi) is 11.2. The highest BCUT2D eigenvalue weighted by Gasteiger charge is 2.43. The number of hydrogen-bond donors (Lipinski definition) is 3. The lowest BCUT2D eigenvalue weighted by Crippen LogP contribution is -2.44. The summed E-state index contributed by atoms with van der Waals surface area (Å²) in [6.07, 6.45) is -5.40. The van der Waals surface area contributed by atoms with Gasteiger partial charge in [0.25, 0.3) is 0 Å². The summed E-state index contributed by atoms with van der Waals surface area (Å²) < 4.78 is 70.8. The van der Waals surface area contributed by atoms with Crippen molar-refractivity contribution in [3.63, 3.8) is 0 Å². The van der Waals surface area contributed by atoms with Crippen molar-refractivity contribution >= 4 is 39.5 Å². The molecule has 0 amide bonds. The molecule has 1 atom stereocenters. The van der Waals surface area contributed by atoms with Gasteiger partial charge >= 0.3 is 18.1 Å². The van der Waals surface area contributed by atoms with Gasteiger partial charge in [0.05, 0.1) is 11.5 Å². The van der Waals surface area contributed by atoms with Gasteiger partial charge in [-0.25, -0.2) is 27.8 Å². The third-order valence-electron chi connectivity index (χ3n) is 4.70. The van der Waals surface area contributed by atoms with E-state index in [2.05, 4.69) is 19.7 Å². The van der Waals surface area contributed by atoms with E-state index in [0.29, 0.717) is 17.7 Å². The van der Waals surface area contributed by atoms with Crippen LogP contribution in [0.4, 0.5) is 13.2 Å². The Labute approximate surface area is 225 Å². The molecule has 2 rings (SSSR count). The first-order valence-electron chi connectivity index (χ1n) is 10.9. The molecule has 12 nitrogen and oxygen atoms in total. The summed E-state index contributed by atoms with van der Waals surface area (Å²) >= 11 is 5.98. The minimum atomic E-state index is -5.44. The average molecular weight is 597 g/mol. The van der Waals surface area contributed by atoms with Crippen LogP contribution in [0.25, 0.3) is 0 Å². The van der Waals surface area contributed by atoms with Crippen LogP contribution in [0.15, 0.2) is 52.5 Å². The fourth-order valence-corrected chi connectivity index (χ4v) is 4.56. The highest BCUT2D eigenvalue weighted by Crippen LogP contribution is 2.24. The van der Waals surface area contributed by atoms with Gasteiger partial charge in [0.2, 0.25) is 16.0 Å². The van der Waals surface area contributed by atoms with Gasteiger partial charge in [0.15, 0.2) is 0 Å². The molecule has 39 heavy (non-hydrogen) atoms. The van der Waals surface area contributed by atoms with E-state index in [4.69, 9.17) is 32.6 Å². The van der Waals surface area contributed by atoms with Crippen molar-refractivity contribution in [2.24, 2.45) is 16.6 Å². The molecule has 0 heterocycles. The number of carbonyl (C=O) groups excluding carboxylic acids is 2. The summed E-state index contributed by atoms with van der Waals surface area (Å²) in [7, 11) is -4.44. The molecule has 0 fully saturated rings. The quantitative estimate of drug-likeness (QED) is 0.108. The number of sulfonamides is 1. The minimum Gasteiger partial charge on any atom is -0.493 e. The number of carbonyl (C=O) groups is 2. The number of halogens is 4. The summed E-state index contributed by atoms with van der Waals surface area (Å²) in [5.74, 6) is -4.21. The van der Waals surface area contributed by atoms with Gasteiger partial charge < -0.3 is 21.0 Å². The maximum atomic E-state index is 13.0. The van der Waals surface area contributed by atoms with Gasteiger partial charge in [-0.15, -0.1) is 0 Å². The molecular formula is C22H24ClF3N4O8S. The van der Waals surface area contributed by atoms with E-state index in [0.717, 1.165) is 0 Å². The normalized spacial score (nSPS) is 12.2. The van der Waals surface area contributed by atoms with Crippen LogP contribution in [0.2, 0.25) is 5.02 Å². The minimum absolute atomic E-state index is 0.120. The second-order valence-electron chi connectivity index (χ2n) is 7.71. The van der Waals surface area contributed by atoms with Gasteiger partial charge in [-0.3, -0.25) is 0 Å². The molecule has 0 saturated heterocycles. The van der Waals surface area contributed by atoms with E-state index in [1.807, 2.05) is 0 Å². The van der Waals surface area contributed by atoms with Gasteiger partial charge in [0.1, 0.15) is 18.4 Å². The van der Waals surface area contributed by atoms with Gasteiger partial charge in [-0.05, 0) is 53.9 Å². The second kappa shape index (κ2) is 13.9. The smallest absolute Gasteiger partial charge is 0.493 e. The lowest BCUT2D eigenvalue weighted by molar-refractivity contribution is -0.286. The monoisotopic (exact) mass is 596 g/mol. The van der Waals surface area contributed by atoms with E-state index in [1.54, 1.807) is 0 Å². The molecule has 17 heteroatoms. The van der Waals surface area contributed by atoms with Crippen molar-refractivity contribution < 1.29 is 50.5 Å². The first-order chi connectivity index (χ1) is 18.2. The highest BCUT2D eigenvalue weighted by molar-refractivity contribution is 7.89. The van der Waals surface area contributed by atoms with Crippen LogP contribution in [0, 0.1) is 6.92 Å². The molecule has 0 aliphatic rings. The molecule has 0 bridgehead atoms. The summed E-state index contributed by atoms with van der Waals surface area (Å²) in [5, 5.41) is 3.47. The summed E-state index contributed by atoms with van der Waals surface area (Å²) in [6, 6.07) is 8.19. The number of ether oxygens (including phenoxy) is 1. The molecule has 0 saturated carbocycles. The molecule has 0 aromatic heterocycles. The maximum Gasteiger partial charge on any atom is 0.495 e. The zero-order chi connectivity index (χ0) is 29.2. The van der Waals surface area contributed by atoms with Crippen LogP contribution in [-0.2, 0) is 40.6 Å². The first-order valence-corrected chi connectivity index (χ1v) is 12.8. The van der Waals surface area contributed by atoms with Crippen LogP contribution < -0.4 is 20.9 Å². The number of oxime groups is 1. The van der Waals surface area contributed by atoms with E-state index in [-0.39, 0.29) is 34.7 Å². The van der Waals surface area contributed by atoms with Crippen LogP contribution in [0.5, 0.6) is 5.75 Å². The predicted molar refractivity (Wildman–Crippen MR) is 131 cm³/mol. The molecule has 0 unspecified atom stereocenters. The Morgan fingerprint density at radius 3 is 2.36 bits per heavy atom. The first kappa shape index (κ1) is 31.5. The van der Waals surface area contributed by atoms with Gasteiger partial charge in [-0.2, -0.15) is 17.9 Å². The Morgan fingerprint density at radius 1 is 1.08 bits per heavy atom. The molecule has 2 aromatic carbocycles. The van der Waals surface area contributed by atoms with Crippen molar-refractivity contribution in [2.75, 3.05) is 13.2 Å². The van der Waals surface area contributed by atoms with Crippen molar-refractivity contribution in [2.45, 2.75) is 36.9 Å². The average Bonchev–Trinajstić information content (AvgIpc) is 2.85. The van der Waals surface area contributed by atoms with Crippen LogP contribution in [0.1, 0.15) is 17.5 Å². The summed E-state index contributed by atoms with van der Waals surface area (Å²) in [4.78, 5) is 35.5. The maximum absolute atomic E-state index is 13.0. The van der Waals surface area contributed by atoms with Crippen molar-refractivity contribution in [3.8, 4) is 5.75 Å². The van der Waals surface area contributed by atoms with E-state index < -0.39 is 40.6 Å². The molecule has 2 aromatic rings. The van der Waals surface area contributed by atoms with E-state index >= 15 is 0 Å². The molecule has 0 aliphatic carbocycles. The molecule has 5 N–H and O–H groups in total. The summed E-state index contributed by atoms with van der Waals surface area (Å²) in [5.41, 5.74) is 10.8. The third kappa shape index (κ3) is 10.1. The lowest BCUT2D eigenvalue weighted by atomic mass is 10.1. The number of nitrogens with zero attached hydrogens (tertiary/aromatic N) is 1. The highest BCUT2D eigenvalue weighted by atomic mass is 35.5. The fourth-order valence-electron chi connectivity index (χ4n) is 2.88. The van der Waals surface area contributed by atoms with E-state index in [9.17, 15) is 31.2 Å². The standard InChI is InChI=1S/C22H24ClF3N4O8S/c1-13-16(23)4-2-5-18(13)39(33,34)30-17(19(31)37-38-20(32)22(24,25)26)12-14-6-8-15(9-7-14)35-10-3-11-36-29-21(27)28/h2,4-9,17,30H,3,10-12H2,1H3,(H4,27,28,29)/t17-/m0/s1. The lowest BCUT2D eigenvalue weighted by Gasteiger charge is -2.18. The van der Waals surface area contributed by atoms with Crippen LogP contribution in [-0.4, -0.2) is 51.7 Å². The van der Waals surface area contributed by atoms with Crippen LogP contribution in [0.3, 0.4) is 0 Å². The molecule has 0 radical (unpaired) electrons. The zero-order valence-electron chi connectivity index (χ0n) is 20.2. The topological polar surface area (TPSA) is 182 Å².